The largest absolute Gasteiger partial charge is 0.497 e. The summed E-state index contributed by atoms with van der Waals surface area (Å²) in [5.41, 5.74) is 1.91. The van der Waals surface area contributed by atoms with Gasteiger partial charge in [-0.3, -0.25) is 9.59 Å². The molecule has 0 bridgehead atoms. The molecule has 7 heteroatoms. The topological polar surface area (TPSA) is 62.3 Å². The summed E-state index contributed by atoms with van der Waals surface area (Å²) in [5.74, 6) is 1.56. The third-order valence-electron chi connectivity index (χ3n) is 5.85. The summed E-state index contributed by atoms with van der Waals surface area (Å²) in [5, 5.41) is 0. The first-order valence-electron chi connectivity index (χ1n) is 10.8. The molecule has 2 aromatic rings. The van der Waals surface area contributed by atoms with Gasteiger partial charge in [0, 0.05) is 44.7 Å². The number of methoxy groups -OCH3 is 1. The molecule has 0 radical (unpaired) electrons. The van der Waals surface area contributed by atoms with Crippen LogP contribution in [0.2, 0.25) is 0 Å². The molecule has 0 spiro atoms. The summed E-state index contributed by atoms with van der Waals surface area (Å²) in [6, 6.07) is 15.5. The highest BCUT2D eigenvalue weighted by atomic mass is 16.5. The van der Waals surface area contributed by atoms with Crippen LogP contribution in [-0.2, 0) is 9.59 Å². The number of ether oxygens (including phenoxy) is 2. The number of para-hydroxylation sites is 2. The number of hydrogen-bond donors (Lipinski definition) is 0. The van der Waals surface area contributed by atoms with Gasteiger partial charge in [-0.2, -0.15) is 0 Å². The summed E-state index contributed by atoms with van der Waals surface area (Å²) in [7, 11) is 1.66. The molecule has 0 unspecified atom stereocenters. The van der Waals surface area contributed by atoms with Gasteiger partial charge in [-0.05, 0) is 43.3 Å². The van der Waals surface area contributed by atoms with E-state index in [2.05, 4.69) is 4.90 Å². The summed E-state index contributed by atoms with van der Waals surface area (Å²) >= 11 is 0. The fraction of sp³-hybridized carbons (Fsp3) is 0.417. The van der Waals surface area contributed by atoms with E-state index in [0.717, 1.165) is 36.0 Å². The van der Waals surface area contributed by atoms with E-state index in [-0.39, 0.29) is 30.8 Å². The molecule has 1 fully saturated rings. The minimum Gasteiger partial charge on any atom is -0.497 e. The van der Waals surface area contributed by atoms with E-state index in [0.29, 0.717) is 19.6 Å². The van der Waals surface area contributed by atoms with Crippen molar-refractivity contribution in [1.82, 2.24) is 4.90 Å². The first-order chi connectivity index (χ1) is 15.0. The molecule has 0 aromatic heterocycles. The number of carbonyl (C=O) groups is 2. The maximum Gasteiger partial charge on any atom is 0.227 e. The minimum atomic E-state index is -0.0689. The Balaban J connectivity index is 1.28. The van der Waals surface area contributed by atoms with Crippen LogP contribution in [0.25, 0.3) is 0 Å². The number of amides is 2. The Morgan fingerprint density at radius 2 is 1.65 bits per heavy atom. The predicted octanol–water partition coefficient (Wildman–Crippen LogP) is 2.94. The summed E-state index contributed by atoms with van der Waals surface area (Å²) in [6.45, 7) is 5.34. The van der Waals surface area contributed by atoms with Gasteiger partial charge in [0.25, 0.3) is 0 Å². The van der Waals surface area contributed by atoms with Crippen molar-refractivity contribution in [3.8, 4) is 11.5 Å². The molecule has 2 aliphatic heterocycles. The molecule has 164 valence electrons. The zero-order chi connectivity index (χ0) is 21.8. The smallest absolute Gasteiger partial charge is 0.227 e. The predicted molar refractivity (Wildman–Crippen MR) is 120 cm³/mol. The Kier molecular flexibility index (Phi) is 6.30. The first kappa shape index (κ1) is 21.0. The molecule has 2 amide bonds. The standard InChI is InChI=1S/C24H29N3O4/c1-18-17-27(21-5-3-4-6-22(21)31-18)24(29)12-11-23(28)26-15-13-25(14-16-26)19-7-9-20(30-2)10-8-19/h3-10,18H,11-17H2,1-2H3/t18-/m0/s1. The Labute approximate surface area is 183 Å². The van der Waals surface area contributed by atoms with Crippen molar-refractivity contribution in [2.75, 3.05) is 49.6 Å². The zero-order valence-electron chi connectivity index (χ0n) is 18.1. The number of hydrogen-bond acceptors (Lipinski definition) is 5. The van der Waals surface area contributed by atoms with Crippen molar-refractivity contribution in [1.29, 1.82) is 0 Å². The summed E-state index contributed by atoms with van der Waals surface area (Å²) in [6.07, 6.45) is 0.369. The highest BCUT2D eigenvalue weighted by Gasteiger charge is 2.28. The van der Waals surface area contributed by atoms with Crippen LogP contribution < -0.4 is 19.3 Å². The van der Waals surface area contributed by atoms with E-state index in [1.807, 2.05) is 60.4 Å². The second kappa shape index (κ2) is 9.29. The van der Waals surface area contributed by atoms with Crippen LogP contribution in [0.15, 0.2) is 48.5 Å². The van der Waals surface area contributed by atoms with Crippen LogP contribution in [0.3, 0.4) is 0 Å². The van der Waals surface area contributed by atoms with Gasteiger partial charge in [0.1, 0.15) is 17.6 Å². The van der Waals surface area contributed by atoms with Crippen LogP contribution >= 0.6 is 0 Å². The van der Waals surface area contributed by atoms with Crippen molar-refractivity contribution in [3.63, 3.8) is 0 Å². The average molecular weight is 424 g/mol. The van der Waals surface area contributed by atoms with Crippen molar-refractivity contribution >= 4 is 23.2 Å². The van der Waals surface area contributed by atoms with Gasteiger partial charge in [-0.25, -0.2) is 0 Å². The van der Waals surface area contributed by atoms with Crippen molar-refractivity contribution in [3.05, 3.63) is 48.5 Å². The maximum absolute atomic E-state index is 12.9. The zero-order valence-corrected chi connectivity index (χ0v) is 18.1. The lowest BCUT2D eigenvalue weighted by molar-refractivity contribution is -0.133. The van der Waals surface area contributed by atoms with Gasteiger partial charge in [0.05, 0.1) is 19.3 Å². The number of anilines is 2. The molecule has 4 rings (SSSR count). The molecule has 0 saturated carbocycles. The number of benzene rings is 2. The van der Waals surface area contributed by atoms with Crippen LogP contribution in [-0.4, -0.2) is 62.7 Å². The van der Waals surface area contributed by atoms with E-state index in [4.69, 9.17) is 9.47 Å². The molecule has 2 aliphatic rings. The molecule has 2 aromatic carbocycles. The summed E-state index contributed by atoms with van der Waals surface area (Å²) < 4.78 is 11.0. The van der Waals surface area contributed by atoms with Gasteiger partial charge in [-0.15, -0.1) is 0 Å². The van der Waals surface area contributed by atoms with Gasteiger partial charge >= 0.3 is 0 Å². The van der Waals surface area contributed by atoms with Crippen LogP contribution in [0.5, 0.6) is 11.5 Å². The fourth-order valence-electron chi connectivity index (χ4n) is 4.14. The molecule has 0 N–H and O–H groups in total. The quantitative estimate of drug-likeness (QED) is 0.740. The molecule has 31 heavy (non-hydrogen) atoms. The molecule has 7 nitrogen and oxygen atoms in total. The number of fused-ring (bicyclic) bond motifs is 1. The van der Waals surface area contributed by atoms with E-state index in [9.17, 15) is 9.59 Å². The lowest BCUT2D eigenvalue weighted by atomic mass is 10.1. The van der Waals surface area contributed by atoms with E-state index in [1.165, 1.54) is 0 Å². The van der Waals surface area contributed by atoms with Crippen LogP contribution in [0.4, 0.5) is 11.4 Å². The van der Waals surface area contributed by atoms with Crippen molar-refractivity contribution in [2.45, 2.75) is 25.9 Å². The third kappa shape index (κ3) is 4.76. The Morgan fingerprint density at radius 3 is 2.35 bits per heavy atom. The lowest BCUT2D eigenvalue weighted by Crippen LogP contribution is -2.49. The highest BCUT2D eigenvalue weighted by Crippen LogP contribution is 2.33. The Hall–Kier alpha value is -3.22. The van der Waals surface area contributed by atoms with Gasteiger partial charge in [0.2, 0.25) is 11.8 Å². The SMILES string of the molecule is COc1ccc(N2CCN(C(=O)CCC(=O)N3C[C@H](C)Oc4ccccc43)CC2)cc1. The van der Waals surface area contributed by atoms with Crippen molar-refractivity contribution in [2.24, 2.45) is 0 Å². The normalized spacial score (nSPS) is 18.3. The van der Waals surface area contributed by atoms with Crippen LogP contribution in [0.1, 0.15) is 19.8 Å². The monoisotopic (exact) mass is 423 g/mol. The van der Waals surface area contributed by atoms with Gasteiger partial charge < -0.3 is 24.2 Å². The second-order valence-electron chi connectivity index (χ2n) is 7.97. The molecular weight excluding hydrogens is 394 g/mol. The molecular formula is C24H29N3O4. The number of nitrogens with zero attached hydrogens (tertiary/aromatic N) is 3. The lowest BCUT2D eigenvalue weighted by Gasteiger charge is -2.36. The molecule has 2 heterocycles. The van der Waals surface area contributed by atoms with Crippen molar-refractivity contribution < 1.29 is 19.1 Å². The van der Waals surface area contributed by atoms with E-state index in [1.54, 1.807) is 12.0 Å². The molecule has 1 atom stereocenters. The van der Waals surface area contributed by atoms with E-state index < -0.39 is 0 Å². The number of rotatable bonds is 5. The first-order valence-corrected chi connectivity index (χ1v) is 10.8. The maximum atomic E-state index is 12.9. The van der Waals surface area contributed by atoms with Crippen LogP contribution in [0, 0.1) is 0 Å². The Morgan fingerprint density at radius 1 is 0.968 bits per heavy atom. The number of piperazine rings is 1. The van der Waals surface area contributed by atoms with Gasteiger partial charge in [0.15, 0.2) is 0 Å². The fourth-order valence-corrected chi connectivity index (χ4v) is 4.14. The number of carbonyl (C=O) groups excluding carboxylic acids is 2. The highest BCUT2D eigenvalue weighted by molar-refractivity contribution is 5.97. The average Bonchev–Trinajstić information content (AvgIpc) is 2.82. The molecule has 1 saturated heterocycles. The Bertz CT molecular complexity index is 923. The molecule has 0 aliphatic carbocycles. The third-order valence-corrected chi connectivity index (χ3v) is 5.85. The van der Waals surface area contributed by atoms with Gasteiger partial charge in [-0.1, -0.05) is 12.1 Å². The second-order valence-corrected chi connectivity index (χ2v) is 7.97. The van der Waals surface area contributed by atoms with E-state index >= 15 is 0 Å². The summed E-state index contributed by atoms with van der Waals surface area (Å²) in [4.78, 5) is 31.5. The minimum absolute atomic E-state index is 0.0344.